The van der Waals surface area contributed by atoms with Gasteiger partial charge in [0.25, 0.3) is 0 Å². The zero-order chi connectivity index (χ0) is 0. The van der Waals surface area contributed by atoms with Crippen LogP contribution in [0.5, 0.6) is 0 Å². The molecule has 0 unspecified atom stereocenters. The molecule has 0 amide bonds. The van der Waals surface area contributed by atoms with Crippen molar-refractivity contribution in [1.82, 2.24) is 0 Å². The van der Waals surface area contributed by atoms with Gasteiger partial charge in [0.2, 0.25) is 0 Å². The summed E-state index contributed by atoms with van der Waals surface area (Å²) in [6.07, 6.45) is 0. The van der Waals surface area contributed by atoms with Crippen LogP contribution in [0.4, 0.5) is 0 Å². The SMILES string of the molecule is [CaH2].[Mo].[V].[W]. The van der Waals surface area contributed by atoms with Crippen molar-refractivity contribution >= 4 is 37.7 Å². The van der Waals surface area contributed by atoms with Crippen LogP contribution in [0.2, 0.25) is 0 Å². The second-order valence-corrected chi connectivity index (χ2v) is 0. The predicted molar refractivity (Wildman–Crippen MR) is 8.54 cm³/mol. The molecule has 4 heavy (non-hydrogen) atoms. The molecule has 0 N–H and O–H groups in total. The van der Waals surface area contributed by atoms with Gasteiger partial charge in [-0.2, -0.15) is 0 Å². The smallest absolute Gasteiger partial charge is 0 e. The molecule has 0 heterocycles. The Morgan fingerprint density at radius 2 is 1.00 bits per heavy atom. The van der Waals surface area contributed by atoms with E-state index in [0.717, 1.165) is 0 Å². The summed E-state index contributed by atoms with van der Waals surface area (Å²) >= 11 is 0. The van der Waals surface area contributed by atoms with E-state index in [0.29, 0.717) is 0 Å². The van der Waals surface area contributed by atoms with Crippen molar-refractivity contribution in [1.29, 1.82) is 0 Å². The Hall–Kier alpha value is 3.22. The Morgan fingerprint density at radius 3 is 1.00 bits per heavy atom. The van der Waals surface area contributed by atoms with E-state index in [9.17, 15) is 0 Å². The molecule has 0 saturated carbocycles. The molecule has 0 bridgehead atoms. The van der Waals surface area contributed by atoms with Gasteiger partial charge in [-0.15, -0.1) is 0 Å². The number of hydrogen-bond donors (Lipinski definition) is 0. The Bertz CT molecular complexity index is 8.00. The first-order valence-electron chi connectivity index (χ1n) is 0. The van der Waals surface area contributed by atoms with Gasteiger partial charge in [-0.05, 0) is 0 Å². The molecule has 1 radical (unpaired) electrons. The van der Waals surface area contributed by atoms with Gasteiger partial charge in [-0.25, -0.2) is 0 Å². The summed E-state index contributed by atoms with van der Waals surface area (Å²) in [6, 6.07) is 0. The topological polar surface area (TPSA) is 0 Å². The van der Waals surface area contributed by atoms with Crippen LogP contribution in [-0.4, -0.2) is 37.7 Å². The van der Waals surface area contributed by atoms with E-state index in [1.165, 1.54) is 0 Å². The standard InChI is InChI=1S/Ca.Mo.V.W.2H. The maximum atomic E-state index is 0. The van der Waals surface area contributed by atoms with Gasteiger partial charge in [0, 0.05) is 60.7 Å². The van der Waals surface area contributed by atoms with Gasteiger partial charge in [0.1, 0.15) is 0 Å². The molecule has 0 aliphatic heterocycles. The first-order chi connectivity index (χ1) is 0. The molecule has 21 valence electrons. The van der Waals surface area contributed by atoms with E-state index in [4.69, 9.17) is 0 Å². The molecular weight excluding hydrogens is 371 g/mol. The van der Waals surface area contributed by atoms with Crippen LogP contribution in [0, 0.1) is 0 Å². The van der Waals surface area contributed by atoms with Crippen LogP contribution in [0.25, 0.3) is 0 Å². The minimum Gasteiger partial charge on any atom is 0 e. The molecule has 0 fully saturated rings. The van der Waals surface area contributed by atoms with Gasteiger partial charge in [-0.3, -0.25) is 0 Å². The van der Waals surface area contributed by atoms with Crippen LogP contribution in [0.3, 0.4) is 0 Å². The van der Waals surface area contributed by atoms with Crippen LogP contribution in [0.1, 0.15) is 0 Å². The third-order valence-corrected chi connectivity index (χ3v) is 0. The molecule has 0 atom stereocenters. The molecule has 0 aromatic rings. The van der Waals surface area contributed by atoms with Crippen molar-refractivity contribution in [3.8, 4) is 0 Å². The average molecular weight is 373 g/mol. The monoisotopic (exact) mass is 375 g/mol. The fourth-order valence-electron chi connectivity index (χ4n) is 0. The van der Waals surface area contributed by atoms with E-state index in [2.05, 4.69) is 0 Å². The van der Waals surface area contributed by atoms with Crippen LogP contribution >= 0.6 is 0 Å². The molecule has 0 saturated heterocycles. The Morgan fingerprint density at radius 1 is 1.00 bits per heavy atom. The summed E-state index contributed by atoms with van der Waals surface area (Å²) in [6.45, 7) is 0. The molecule has 0 aromatic carbocycles. The Kier molecular flexibility index (Phi) is 110. The molecule has 4 heteroatoms. The minimum absolute atomic E-state index is 0. The van der Waals surface area contributed by atoms with E-state index in [-0.39, 0.29) is 98.4 Å². The zero-order valence-electron chi connectivity index (χ0n) is 1.26. The summed E-state index contributed by atoms with van der Waals surface area (Å²) < 4.78 is 0. The summed E-state index contributed by atoms with van der Waals surface area (Å²) in [5.41, 5.74) is 0. The van der Waals surface area contributed by atoms with E-state index in [1.54, 1.807) is 0 Å². The molecular formula is H2CaMoVW. The Labute approximate surface area is 96.3 Å². The first-order valence-corrected chi connectivity index (χ1v) is 0. The maximum absolute atomic E-state index is 0. The molecule has 0 nitrogen and oxygen atoms in total. The molecule has 0 rings (SSSR count). The molecule has 0 aliphatic rings. The van der Waals surface area contributed by atoms with Crippen molar-refractivity contribution in [2.75, 3.05) is 0 Å². The summed E-state index contributed by atoms with van der Waals surface area (Å²) in [5, 5.41) is 0. The van der Waals surface area contributed by atoms with Crippen LogP contribution in [0.15, 0.2) is 0 Å². The quantitative estimate of drug-likeness (QED) is 0.482. The average Bonchev–Trinajstić information content (AvgIpc) is 0. The fourth-order valence-corrected chi connectivity index (χ4v) is 0. The normalized spacial score (nSPS) is 0. The van der Waals surface area contributed by atoms with E-state index >= 15 is 0 Å². The van der Waals surface area contributed by atoms with Crippen molar-refractivity contribution in [3.63, 3.8) is 0 Å². The summed E-state index contributed by atoms with van der Waals surface area (Å²) in [5.74, 6) is 0. The largest absolute Gasteiger partial charge is 0 e. The second-order valence-electron chi connectivity index (χ2n) is 0. The zero-order valence-corrected chi connectivity index (χ0v) is 7.60. The fraction of sp³-hybridized carbons (Fsp3) is 0. The van der Waals surface area contributed by atoms with Gasteiger partial charge in [-0.1, -0.05) is 0 Å². The van der Waals surface area contributed by atoms with Crippen molar-refractivity contribution in [2.24, 2.45) is 0 Å². The van der Waals surface area contributed by atoms with Crippen molar-refractivity contribution < 1.29 is 60.7 Å². The van der Waals surface area contributed by atoms with Gasteiger partial charge < -0.3 is 0 Å². The molecule has 0 spiro atoms. The predicted octanol–water partition coefficient (Wildman–Crippen LogP) is -0.924. The van der Waals surface area contributed by atoms with Gasteiger partial charge in [0.05, 0.1) is 0 Å². The third kappa shape index (κ3) is 8.97. The van der Waals surface area contributed by atoms with Crippen LogP contribution in [-0.2, 0) is 60.7 Å². The second kappa shape index (κ2) is 16.3. The van der Waals surface area contributed by atoms with Gasteiger partial charge in [0.15, 0.2) is 0 Å². The van der Waals surface area contributed by atoms with E-state index < -0.39 is 0 Å². The number of hydrogen-bond acceptors (Lipinski definition) is 0. The summed E-state index contributed by atoms with van der Waals surface area (Å²) in [7, 11) is 0. The molecule has 0 aliphatic carbocycles. The Balaban J connectivity index is 0. The minimum atomic E-state index is 0. The third-order valence-electron chi connectivity index (χ3n) is 0. The van der Waals surface area contributed by atoms with Crippen LogP contribution < -0.4 is 0 Å². The van der Waals surface area contributed by atoms with Crippen molar-refractivity contribution in [3.05, 3.63) is 0 Å². The maximum Gasteiger partial charge on any atom is 0 e. The van der Waals surface area contributed by atoms with Crippen molar-refractivity contribution in [2.45, 2.75) is 0 Å². The van der Waals surface area contributed by atoms with E-state index in [1.807, 2.05) is 0 Å². The first kappa shape index (κ1) is 26.9. The summed E-state index contributed by atoms with van der Waals surface area (Å²) in [4.78, 5) is 0. The number of rotatable bonds is 0. The molecule has 0 aromatic heterocycles. The van der Waals surface area contributed by atoms with Gasteiger partial charge >= 0.3 is 37.7 Å².